The third kappa shape index (κ3) is 6.25. The summed E-state index contributed by atoms with van der Waals surface area (Å²) in [5.74, 6) is -0.323. The summed E-state index contributed by atoms with van der Waals surface area (Å²) in [6.45, 7) is 2.08. The van der Waals surface area contributed by atoms with Crippen LogP contribution in [0.2, 0.25) is 0 Å². The molecule has 9 nitrogen and oxygen atoms in total. The molecule has 0 aromatic heterocycles. The molecule has 0 saturated carbocycles. The molecule has 37 heavy (non-hydrogen) atoms. The molecular formula is C26H26FN3O6S. The van der Waals surface area contributed by atoms with Crippen LogP contribution in [0.3, 0.4) is 0 Å². The van der Waals surface area contributed by atoms with Crippen molar-refractivity contribution >= 4 is 27.7 Å². The van der Waals surface area contributed by atoms with Crippen molar-refractivity contribution in [1.29, 1.82) is 0 Å². The number of amides is 2. The normalized spacial score (nSPS) is 14.2. The Kier molecular flexibility index (Phi) is 8.04. The number of benzene rings is 3. The van der Waals surface area contributed by atoms with Gasteiger partial charge in [0.05, 0.1) is 6.61 Å². The van der Waals surface area contributed by atoms with Crippen molar-refractivity contribution in [2.45, 2.75) is 11.8 Å². The minimum absolute atomic E-state index is 0.0188. The lowest BCUT2D eigenvalue weighted by Gasteiger charge is -2.33. The molecule has 3 aromatic carbocycles. The van der Waals surface area contributed by atoms with Gasteiger partial charge in [-0.15, -0.1) is 0 Å². The van der Waals surface area contributed by atoms with Crippen molar-refractivity contribution in [3.8, 4) is 11.5 Å². The van der Waals surface area contributed by atoms with Crippen molar-refractivity contribution in [1.82, 2.24) is 9.21 Å². The van der Waals surface area contributed by atoms with E-state index in [-0.39, 0.29) is 38.3 Å². The lowest BCUT2D eigenvalue weighted by Crippen LogP contribution is -2.50. The van der Waals surface area contributed by atoms with E-state index in [2.05, 4.69) is 5.32 Å². The van der Waals surface area contributed by atoms with Crippen molar-refractivity contribution < 1.29 is 31.9 Å². The van der Waals surface area contributed by atoms with Crippen LogP contribution in [0.4, 0.5) is 14.9 Å². The zero-order valence-corrected chi connectivity index (χ0v) is 20.9. The molecule has 194 valence electrons. The van der Waals surface area contributed by atoms with Gasteiger partial charge in [-0.2, -0.15) is 4.31 Å². The van der Waals surface area contributed by atoms with E-state index in [1.165, 1.54) is 11.0 Å². The van der Waals surface area contributed by atoms with Gasteiger partial charge in [-0.3, -0.25) is 4.79 Å². The molecule has 0 bridgehead atoms. The van der Waals surface area contributed by atoms with Gasteiger partial charge < -0.3 is 19.7 Å². The van der Waals surface area contributed by atoms with E-state index in [0.29, 0.717) is 17.2 Å². The predicted molar refractivity (Wildman–Crippen MR) is 135 cm³/mol. The summed E-state index contributed by atoms with van der Waals surface area (Å²) in [5.41, 5.74) is 0.434. The van der Waals surface area contributed by atoms with E-state index in [0.717, 1.165) is 16.4 Å². The minimum atomic E-state index is -4.24. The highest BCUT2D eigenvalue weighted by molar-refractivity contribution is 7.89. The van der Waals surface area contributed by atoms with E-state index in [4.69, 9.17) is 9.47 Å². The van der Waals surface area contributed by atoms with Crippen LogP contribution < -0.4 is 10.1 Å². The van der Waals surface area contributed by atoms with E-state index < -0.39 is 32.7 Å². The number of hydrogen-bond donors (Lipinski definition) is 1. The maximum absolute atomic E-state index is 14.6. The summed E-state index contributed by atoms with van der Waals surface area (Å²) in [7, 11) is -4.24. The van der Waals surface area contributed by atoms with Crippen molar-refractivity contribution in [2.24, 2.45) is 0 Å². The van der Waals surface area contributed by atoms with Gasteiger partial charge in [-0.05, 0) is 61.5 Å². The van der Waals surface area contributed by atoms with E-state index >= 15 is 0 Å². The van der Waals surface area contributed by atoms with Gasteiger partial charge in [0.15, 0.2) is 0 Å². The number of carbonyl (C=O) groups is 2. The van der Waals surface area contributed by atoms with Crippen molar-refractivity contribution in [2.75, 3.05) is 38.1 Å². The van der Waals surface area contributed by atoms with Crippen molar-refractivity contribution in [3.63, 3.8) is 0 Å². The first-order valence-corrected chi connectivity index (χ1v) is 13.1. The van der Waals surface area contributed by atoms with Gasteiger partial charge in [-0.1, -0.05) is 18.2 Å². The molecule has 0 radical (unpaired) electrons. The molecule has 1 fully saturated rings. The number of nitrogens with zero attached hydrogens (tertiary/aromatic N) is 2. The summed E-state index contributed by atoms with van der Waals surface area (Å²) < 4.78 is 52.6. The van der Waals surface area contributed by atoms with E-state index in [1.807, 2.05) is 30.3 Å². The first-order chi connectivity index (χ1) is 17.8. The molecule has 0 unspecified atom stereocenters. The average molecular weight is 528 g/mol. The summed E-state index contributed by atoms with van der Waals surface area (Å²) in [6.07, 6.45) is -0.524. The molecule has 0 aliphatic carbocycles. The number of anilines is 1. The molecular weight excluding hydrogens is 501 g/mol. The van der Waals surface area contributed by atoms with Crippen LogP contribution in [0.5, 0.6) is 11.5 Å². The molecule has 0 atom stereocenters. The van der Waals surface area contributed by atoms with Gasteiger partial charge in [0.2, 0.25) is 10.0 Å². The van der Waals surface area contributed by atoms with Gasteiger partial charge in [0.1, 0.15) is 22.2 Å². The highest BCUT2D eigenvalue weighted by Gasteiger charge is 2.33. The van der Waals surface area contributed by atoms with Crippen LogP contribution in [-0.4, -0.2) is 62.4 Å². The molecule has 1 N–H and O–H groups in total. The van der Waals surface area contributed by atoms with Crippen LogP contribution in [-0.2, 0) is 14.8 Å². The van der Waals surface area contributed by atoms with Crippen LogP contribution in [0, 0.1) is 5.82 Å². The number of hydrogen-bond acceptors (Lipinski definition) is 6. The maximum Gasteiger partial charge on any atom is 0.409 e. The summed E-state index contributed by atoms with van der Waals surface area (Å²) in [4.78, 5) is 25.5. The lowest BCUT2D eigenvalue weighted by molar-refractivity contribution is 0.0933. The number of rotatable bonds is 7. The monoisotopic (exact) mass is 527 g/mol. The van der Waals surface area contributed by atoms with Crippen LogP contribution >= 0.6 is 0 Å². The maximum atomic E-state index is 14.6. The summed E-state index contributed by atoms with van der Waals surface area (Å²) >= 11 is 0. The van der Waals surface area contributed by atoms with Gasteiger partial charge in [-0.25, -0.2) is 17.6 Å². The molecule has 1 heterocycles. The van der Waals surface area contributed by atoms with Crippen LogP contribution in [0.25, 0.3) is 0 Å². The zero-order chi connectivity index (χ0) is 26.4. The third-order valence-corrected chi connectivity index (χ3v) is 7.58. The molecule has 1 saturated heterocycles. The molecule has 11 heteroatoms. The first-order valence-electron chi connectivity index (χ1n) is 11.6. The topological polar surface area (TPSA) is 105 Å². The van der Waals surface area contributed by atoms with E-state index in [1.54, 1.807) is 31.2 Å². The van der Waals surface area contributed by atoms with Crippen LogP contribution in [0.1, 0.15) is 17.3 Å². The molecule has 1 aliphatic rings. The number of carbonyl (C=O) groups excluding carboxylic acids is 2. The van der Waals surface area contributed by atoms with Gasteiger partial charge in [0, 0.05) is 37.4 Å². The Morgan fingerprint density at radius 2 is 1.57 bits per heavy atom. The highest BCUT2D eigenvalue weighted by Crippen LogP contribution is 2.25. The Morgan fingerprint density at radius 1 is 0.919 bits per heavy atom. The third-order valence-electron chi connectivity index (χ3n) is 5.67. The quantitative estimate of drug-likeness (QED) is 0.490. The zero-order valence-electron chi connectivity index (χ0n) is 20.1. The second-order valence-electron chi connectivity index (χ2n) is 8.13. The fraction of sp³-hybridized carbons (Fsp3) is 0.231. The fourth-order valence-electron chi connectivity index (χ4n) is 3.74. The Morgan fingerprint density at radius 3 is 2.22 bits per heavy atom. The number of nitrogens with one attached hydrogen (secondary N) is 1. The average Bonchev–Trinajstić information content (AvgIpc) is 2.90. The molecule has 0 spiro atoms. The predicted octanol–water partition coefficient (Wildman–Crippen LogP) is 4.33. The molecule has 4 rings (SSSR count). The SMILES string of the molecule is CCOC(=O)N1CCN(S(=O)(=O)c2cc(C(=O)Nc3ccc(Oc4ccccc4)cc3)ccc2F)CC1. The second-order valence-corrected chi connectivity index (χ2v) is 10.0. The largest absolute Gasteiger partial charge is 0.457 e. The van der Waals surface area contributed by atoms with Crippen molar-refractivity contribution in [3.05, 3.63) is 84.2 Å². The molecule has 2 amide bonds. The highest BCUT2D eigenvalue weighted by atomic mass is 32.2. The number of halogens is 1. The smallest absolute Gasteiger partial charge is 0.409 e. The number of para-hydroxylation sites is 1. The standard InChI is InChI=1S/C26H26FN3O6S/c1-2-35-26(32)29-14-16-30(17-15-29)37(33,34)24-18-19(8-13-23(24)27)25(31)28-20-9-11-22(12-10-20)36-21-6-4-3-5-7-21/h3-13,18H,2,14-17H2,1H3,(H,28,31). The van der Waals surface area contributed by atoms with Gasteiger partial charge in [0.25, 0.3) is 5.91 Å². The Bertz CT molecular complexity index is 1360. The Hall–Kier alpha value is -3.96. The number of ether oxygens (including phenoxy) is 2. The lowest BCUT2D eigenvalue weighted by atomic mass is 10.2. The number of piperazine rings is 1. The summed E-state index contributed by atoms with van der Waals surface area (Å²) in [6, 6.07) is 19.0. The second kappa shape index (κ2) is 11.4. The minimum Gasteiger partial charge on any atom is -0.457 e. The summed E-state index contributed by atoms with van der Waals surface area (Å²) in [5, 5.41) is 2.67. The Labute approximate surface area is 214 Å². The number of sulfonamides is 1. The first kappa shape index (κ1) is 26.1. The molecule has 3 aromatic rings. The van der Waals surface area contributed by atoms with E-state index in [9.17, 15) is 22.4 Å². The fourth-order valence-corrected chi connectivity index (χ4v) is 5.25. The van der Waals surface area contributed by atoms with Crippen LogP contribution in [0.15, 0.2) is 77.7 Å². The molecule has 1 aliphatic heterocycles. The Balaban J connectivity index is 1.43. The van der Waals surface area contributed by atoms with Gasteiger partial charge >= 0.3 is 6.09 Å².